The van der Waals surface area contributed by atoms with Crippen molar-refractivity contribution in [3.63, 3.8) is 0 Å². The largest absolute Gasteiger partial charge is 0.395 e. The third kappa shape index (κ3) is 2.59. The minimum atomic E-state index is -1.23. The predicted molar refractivity (Wildman–Crippen MR) is 60.8 cm³/mol. The van der Waals surface area contributed by atoms with Crippen LogP contribution in [0.5, 0.6) is 0 Å². The quantitative estimate of drug-likeness (QED) is 0.375. The molecule has 1 aromatic heterocycles. The lowest BCUT2D eigenvalue weighted by Gasteiger charge is -2.28. The van der Waals surface area contributed by atoms with Crippen molar-refractivity contribution in [1.29, 1.82) is 0 Å². The predicted octanol–water partition coefficient (Wildman–Crippen LogP) is -2.39. The third-order valence-corrected chi connectivity index (χ3v) is 2.71. The molecule has 1 aromatic rings. The molecule has 0 atom stereocenters. The smallest absolute Gasteiger partial charge is 0.0836 e. The van der Waals surface area contributed by atoms with Crippen LogP contribution in [0, 0.1) is 0 Å². The van der Waals surface area contributed by atoms with Crippen molar-refractivity contribution in [2.24, 2.45) is 11.5 Å². The minimum absolute atomic E-state index is 0.0952. The third-order valence-electron chi connectivity index (χ3n) is 2.71. The molecule has 17 heavy (non-hydrogen) atoms. The Hall–Kier alpha value is -1.12. The van der Waals surface area contributed by atoms with Crippen molar-refractivity contribution < 1.29 is 15.3 Å². The zero-order chi connectivity index (χ0) is 12.9. The lowest BCUT2D eigenvalue weighted by molar-refractivity contribution is 0.0603. The van der Waals surface area contributed by atoms with Crippen molar-refractivity contribution in [1.82, 2.24) is 9.97 Å². The van der Waals surface area contributed by atoms with Gasteiger partial charge in [0.1, 0.15) is 0 Å². The van der Waals surface area contributed by atoms with Gasteiger partial charge < -0.3 is 26.8 Å². The number of rotatable bonds is 6. The maximum atomic E-state index is 9.32. The van der Waals surface area contributed by atoms with E-state index in [1.165, 1.54) is 6.20 Å². The van der Waals surface area contributed by atoms with Gasteiger partial charge in [0.25, 0.3) is 0 Å². The first-order valence-electron chi connectivity index (χ1n) is 5.25. The summed E-state index contributed by atoms with van der Waals surface area (Å²) < 4.78 is 0. The van der Waals surface area contributed by atoms with Crippen LogP contribution in [0.4, 0.5) is 0 Å². The van der Waals surface area contributed by atoms with Gasteiger partial charge in [-0.05, 0) is 0 Å². The molecule has 0 radical (unpaired) electrons. The molecular weight excluding hydrogens is 224 g/mol. The second-order valence-electron chi connectivity index (χ2n) is 3.82. The molecule has 0 aliphatic heterocycles. The SMILES string of the molecule is NCc1cnc(C(CO)(CO)CO)c(CN)n1. The van der Waals surface area contributed by atoms with Crippen molar-refractivity contribution >= 4 is 0 Å². The van der Waals surface area contributed by atoms with Crippen LogP contribution >= 0.6 is 0 Å². The van der Waals surface area contributed by atoms with Gasteiger partial charge in [-0.25, -0.2) is 0 Å². The van der Waals surface area contributed by atoms with Gasteiger partial charge in [-0.2, -0.15) is 0 Å². The summed E-state index contributed by atoms with van der Waals surface area (Å²) in [7, 11) is 0. The van der Waals surface area contributed by atoms with Gasteiger partial charge in [0, 0.05) is 13.1 Å². The Labute approximate surface area is 99.1 Å². The van der Waals surface area contributed by atoms with Crippen LogP contribution in [-0.4, -0.2) is 45.1 Å². The van der Waals surface area contributed by atoms with Gasteiger partial charge in [0.15, 0.2) is 0 Å². The van der Waals surface area contributed by atoms with E-state index in [0.29, 0.717) is 17.1 Å². The summed E-state index contributed by atoms with van der Waals surface area (Å²) in [6, 6.07) is 0. The van der Waals surface area contributed by atoms with Crippen molar-refractivity contribution in [3.05, 3.63) is 23.3 Å². The summed E-state index contributed by atoms with van der Waals surface area (Å²) in [4.78, 5) is 8.28. The summed E-state index contributed by atoms with van der Waals surface area (Å²) in [5.74, 6) is 0. The molecule has 0 unspecified atom stereocenters. The van der Waals surface area contributed by atoms with E-state index in [9.17, 15) is 15.3 Å². The molecule has 0 fully saturated rings. The molecule has 0 spiro atoms. The summed E-state index contributed by atoms with van der Waals surface area (Å²) in [6.45, 7) is -1.00. The maximum absolute atomic E-state index is 9.32. The summed E-state index contributed by atoms with van der Waals surface area (Å²) in [6.07, 6.45) is 1.45. The van der Waals surface area contributed by atoms with Gasteiger partial charge in [-0.1, -0.05) is 0 Å². The molecule has 0 saturated carbocycles. The van der Waals surface area contributed by atoms with E-state index in [4.69, 9.17) is 11.5 Å². The number of nitrogens with zero attached hydrogens (tertiary/aromatic N) is 2. The molecule has 0 amide bonds. The Morgan fingerprint density at radius 2 is 1.65 bits per heavy atom. The minimum Gasteiger partial charge on any atom is -0.395 e. The number of nitrogens with two attached hydrogens (primary N) is 2. The fourth-order valence-corrected chi connectivity index (χ4v) is 1.53. The Morgan fingerprint density at radius 3 is 2.06 bits per heavy atom. The summed E-state index contributed by atoms with van der Waals surface area (Å²) in [5.41, 5.74) is 11.1. The van der Waals surface area contributed by atoms with Crippen LogP contribution in [-0.2, 0) is 18.5 Å². The Morgan fingerprint density at radius 1 is 1.06 bits per heavy atom. The van der Waals surface area contributed by atoms with Crippen molar-refractivity contribution in [2.45, 2.75) is 18.5 Å². The van der Waals surface area contributed by atoms with Crippen LogP contribution in [0.15, 0.2) is 6.20 Å². The van der Waals surface area contributed by atoms with Crippen molar-refractivity contribution in [3.8, 4) is 0 Å². The first-order valence-corrected chi connectivity index (χ1v) is 5.25. The van der Waals surface area contributed by atoms with Gasteiger partial charge in [0.2, 0.25) is 0 Å². The zero-order valence-electron chi connectivity index (χ0n) is 9.50. The van der Waals surface area contributed by atoms with Gasteiger partial charge in [0.05, 0.1) is 48.5 Å². The average molecular weight is 242 g/mol. The number of aliphatic hydroxyl groups is 3. The normalized spacial score (nSPS) is 11.8. The van der Waals surface area contributed by atoms with Crippen LogP contribution in [0.1, 0.15) is 17.1 Å². The first-order chi connectivity index (χ1) is 8.17. The molecule has 96 valence electrons. The van der Waals surface area contributed by atoms with Crippen LogP contribution < -0.4 is 11.5 Å². The molecule has 0 aliphatic rings. The second-order valence-corrected chi connectivity index (χ2v) is 3.82. The average Bonchev–Trinajstić information content (AvgIpc) is 2.41. The van der Waals surface area contributed by atoms with E-state index in [1.807, 2.05) is 0 Å². The highest BCUT2D eigenvalue weighted by Crippen LogP contribution is 2.23. The fraction of sp³-hybridized carbons (Fsp3) is 0.600. The topological polar surface area (TPSA) is 139 Å². The Balaban J connectivity index is 3.28. The molecule has 0 bridgehead atoms. The highest BCUT2D eigenvalue weighted by molar-refractivity contribution is 5.24. The Kier molecular flexibility index (Phi) is 4.91. The molecule has 7 nitrogen and oxygen atoms in total. The summed E-state index contributed by atoms with van der Waals surface area (Å²) >= 11 is 0. The standard InChI is InChI=1S/C10H18N4O3/c11-1-7-3-13-9(8(2-12)14-7)10(4-15,5-16)6-17/h3,15-17H,1-2,4-6,11-12H2. The fourth-order valence-electron chi connectivity index (χ4n) is 1.53. The molecule has 7 heteroatoms. The van der Waals surface area contributed by atoms with Crippen LogP contribution in [0.25, 0.3) is 0 Å². The first kappa shape index (κ1) is 13.9. The number of hydrogen-bond acceptors (Lipinski definition) is 7. The van der Waals surface area contributed by atoms with Crippen LogP contribution in [0.2, 0.25) is 0 Å². The molecule has 1 heterocycles. The summed E-state index contributed by atoms with van der Waals surface area (Å²) in [5, 5.41) is 28.0. The maximum Gasteiger partial charge on any atom is 0.0836 e. The lowest BCUT2D eigenvalue weighted by Crippen LogP contribution is -2.41. The molecule has 0 aromatic carbocycles. The van der Waals surface area contributed by atoms with E-state index in [0.717, 1.165) is 0 Å². The van der Waals surface area contributed by atoms with E-state index in [2.05, 4.69) is 9.97 Å². The highest BCUT2D eigenvalue weighted by atomic mass is 16.3. The molecule has 0 saturated heterocycles. The van der Waals surface area contributed by atoms with Gasteiger partial charge in [-0.3, -0.25) is 9.97 Å². The zero-order valence-corrected chi connectivity index (χ0v) is 9.50. The van der Waals surface area contributed by atoms with Gasteiger partial charge in [-0.15, -0.1) is 0 Å². The number of hydrogen-bond donors (Lipinski definition) is 5. The Bertz CT molecular complexity index is 360. The van der Waals surface area contributed by atoms with Crippen LogP contribution in [0.3, 0.4) is 0 Å². The number of aromatic nitrogens is 2. The van der Waals surface area contributed by atoms with E-state index in [-0.39, 0.29) is 13.1 Å². The van der Waals surface area contributed by atoms with E-state index >= 15 is 0 Å². The monoisotopic (exact) mass is 242 g/mol. The van der Waals surface area contributed by atoms with Crippen molar-refractivity contribution in [2.75, 3.05) is 19.8 Å². The van der Waals surface area contributed by atoms with E-state index < -0.39 is 25.2 Å². The molecule has 0 aliphatic carbocycles. The lowest BCUT2D eigenvalue weighted by atomic mass is 9.85. The van der Waals surface area contributed by atoms with E-state index in [1.54, 1.807) is 0 Å². The van der Waals surface area contributed by atoms with Gasteiger partial charge >= 0.3 is 0 Å². The second kappa shape index (κ2) is 5.99. The highest BCUT2D eigenvalue weighted by Gasteiger charge is 2.34. The molecule has 1 rings (SSSR count). The number of aliphatic hydroxyl groups excluding tert-OH is 3. The molecule has 7 N–H and O–H groups in total. The molecular formula is C10H18N4O3.